The molecule has 0 bridgehead atoms. The van der Waals surface area contributed by atoms with Crippen molar-refractivity contribution in [2.24, 2.45) is 0 Å². The molecule has 1 aliphatic heterocycles. The number of fused-ring (bicyclic) bond motifs is 1. The van der Waals surface area contributed by atoms with E-state index in [1.165, 1.54) is 4.90 Å². The van der Waals surface area contributed by atoms with Gasteiger partial charge in [0.15, 0.2) is 17.5 Å². The van der Waals surface area contributed by atoms with E-state index in [2.05, 4.69) is 14.9 Å². The third-order valence-corrected chi connectivity index (χ3v) is 6.83. The Kier molecular flexibility index (Phi) is 7.53. The molecule has 3 rings (SSSR count). The van der Waals surface area contributed by atoms with Crippen LogP contribution >= 0.6 is 0 Å². The lowest BCUT2D eigenvalue weighted by molar-refractivity contribution is -0.148. The Hall–Kier alpha value is -2.32. The summed E-state index contributed by atoms with van der Waals surface area (Å²) in [5, 5.41) is 6.68. The van der Waals surface area contributed by atoms with Crippen molar-refractivity contribution in [3.63, 3.8) is 0 Å². The van der Waals surface area contributed by atoms with Crippen LogP contribution in [0.1, 0.15) is 44.4 Å². The Morgan fingerprint density at radius 2 is 1.76 bits per heavy atom. The standard InChI is InChI=1S/C20H23F6N5O2S/c1-19(2,3)34(33)29-12(6-11-7-14(22)15(23)9-13(11)21)8-17(32)30-4-5-31-16(10-30)27-28-18(31)20(24,25)26/h7,9,12,29H,4-6,8,10H2,1-3H3/t12-,34?/m1/s1. The predicted octanol–water partition coefficient (Wildman–Crippen LogP) is 3.11. The van der Waals surface area contributed by atoms with Crippen LogP contribution in [0.2, 0.25) is 0 Å². The van der Waals surface area contributed by atoms with Crippen molar-refractivity contribution in [1.29, 1.82) is 0 Å². The fraction of sp³-hybridized carbons (Fsp3) is 0.550. The van der Waals surface area contributed by atoms with Gasteiger partial charge in [-0.05, 0) is 38.8 Å². The lowest BCUT2D eigenvalue weighted by Gasteiger charge is -2.31. The molecular weight excluding hydrogens is 488 g/mol. The van der Waals surface area contributed by atoms with Crippen molar-refractivity contribution < 1.29 is 35.7 Å². The summed E-state index contributed by atoms with van der Waals surface area (Å²) in [7, 11) is 0. The number of hydrogen-bond donors (Lipinski definition) is 1. The number of rotatable bonds is 6. The lowest BCUT2D eigenvalue weighted by atomic mass is 10.0. The maximum Gasteiger partial charge on any atom is 0.451 e. The predicted molar refractivity (Wildman–Crippen MR) is 110 cm³/mol. The second-order valence-electron chi connectivity index (χ2n) is 8.87. The number of hydrogen-bond acceptors (Lipinski definition) is 5. The molecular formula is C20H23F6N5O2S. The maximum absolute atomic E-state index is 14.2. The SMILES string of the molecule is CC(C)(C)[S+]([O-])N[C@@H](CC(=O)N1CCn2c(nnc2C(F)(F)F)C1)Cc1cc(F)c(F)cc1F. The zero-order valence-corrected chi connectivity index (χ0v) is 19.4. The molecule has 14 heteroatoms. The maximum atomic E-state index is 14.2. The molecule has 0 fully saturated rings. The highest BCUT2D eigenvalue weighted by Crippen LogP contribution is 2.29. The molecule has 1 unspecified atom stereocenters. The minimum atomic E-state index is -4.68. The second kappa shape index (κ2) is 9.74. The summed E-state index contributed by atoms with van der Waals surface area (Å²) in [5.74, 6) is -5.37. The van der Waals surface area contributed by atoms with Gasteiger partial charge in [-0.15, -0.1) is 14.9 Å². The number of carbonyl (C=O) groups excluding carboxylic acids is 1. The summed E-state index contributed by atoms with van der Waals surface area (Å²) in [5.41, 5.74) is -0.219. The van der Waals surface area contributed by atoms with Gasteiger partial charge in [-0.25, -0.2) is 13.2 Å². The van der Waals surface area contributed by atoms with Gasteiger partial charge in [-0.3, -0.25) is 4.79 Å². The summed E-state index contributed by atoms with van der Waals surface area (Å²) in [6.07, 6.45) is -5.28. The van der Waals surface area contributed by atoms with Gasteiger partial charge in [0.1, 0.15) is 10.6 Å². The van der Waals surface area contributed by atoms with E-state index >= 15 is 0 Å². The zero-order valence-electron chi connectivity index (χ0n) is 18.5. The van der Waals surface area contributed by atoms with Crippen molar-refractivity contribution >= 4 is 17.3 Å². The molecule has 1 aromatic carbocycles. The highest BCUT2D eigenvalue weighted by molar-refractivity contribution is 7.90. The molecule has 7 nitrogen and oxygen atoms in total. The average Bonchev–Trinajstić information content (AvgIpc) is 3.14. The number of halogens is 6. The number of amides is 1. The molecule has 2 aromatic rings. The molecule has 0 aliphatic carbocycles. The normalized spacial score (nSPS) is 16.4. The fourth-order valence-electron chi connectivity index (χ4n) is 3.39. The average molecular weight is 511 g/mol. The van der Waals surface area contributed by atoms with Gasteiger partial charge in [0.2, 0.25) is 11.7 Å². The Bertz CT molecular complexity index is 1060. The summed E-state index contributed by atoms with van der Waals surface area (Å²) in [6, 6.07) is 0.128. The van der Waals surface area contributed by atoms with E-state index in [1.807, 2.05) is 0 Å². The molecule has 188 valence electrons. The summed E-state index contributed by atoms with van der Waals surface area (Å²) in [4.78, 5) is 14.2. The van der Waals surface area contributed by atoms with Crippen molar-refractivity contribution in [3.8, 4) is 0 Å². The Balaban J connectivity index is 1.77. The first-order valence-corrected chi connectivity index (χ1v) is 11.4. The molecule has 0 saturated carbocycles. The fourth-order valence-corrected chi connectivity index (χ4v) is 4.21. The van der Waals surface area contributed by atoms with Gasteiger partial charge >= 0.3 is 6.18 Å². The first-order chi connectivity index (χ1) is 15.7. The molecule has 1 aromatic heterocycles. The van der Waals surface area contributed by atoms with Gasteiger partial charge < -0.3 is 14.0 Å². The van der Waals surface area contributed by atoms with Gasteiger partial charge in [0.05, 0.1) is 12.6 Å². The smallest absolute Gasteiger partial charge is 0.451 e. The molecule has 0 saturated heterocycles. The minimum absolute atomic E-state index is 0.0404. The molecule has 1 aliphatic rings. The second-order valence-corrected chi connectivity index (χ2v) is 10.9. The monoisotopic (exact) mass is 511 g/mol. The molecule has 34 heavy (non-hydrogen) atoms. The Morgan fingerprint density at radius 3 is 2.38 bits per heavy atom. The molecule has 1 amide bonds. The van der Waals surface area contributed by atoms with Crippen molar-refractivity contribution in [1.82, 2.24) is 24.4 Å². The topological polar surface area (TPSA) is 86.1 Å². The number of nitrogens with zero attached hydrogens (tertiary/aromatic N) is 4. The number of carbonyl (C=O) groups is 1. The molecule has 1 N–H and O–H groups in total. The van der Waals surface area contributed by atoms with Gasteiger partial charge in [0, 0.05) is 36.9 Å². The number of aromatic nitrogens is 3. The highest BCUT2D eigenvalue weighted by Gasteiger charge is 2.40. The van der Waals surface area contributed by atoms with Crippen molar-refractivity contribution in [2.45, 2.75) is 63.7 Å². The largest absolute Gasteiger partial charge is 0.598 e. The Morgan fingerprint density at radius 1 is 1.12 bits per heavy atom. The van der Waals surface area contributed by atoms with E-state index in [9.17, 15) is 35.7 Å². The lowest BCUT2D eigenvalue weighted by Crippen LogP contribution is -2.48. The molecule has 2 atom stereocenters. The van der Waals surface area contributed by atoms with E-state index in [-0.39, 0.29) is 43.9 Å². The zero-order chi connectivity index (χ0) is 25.4. The highest BCUT2D eigenvalue weighted by atomic mass is 32.2. The van der Waals surface area contributed by atoms with Crippen molar-refractivity contribution in [3.05, 3.63) is 46.8 Å². The van der Waals surface area contributed by atoms with Crippen LogP contribution in [-0.4, -0.2) is 47.5 Å². The van der Waals surface area contributed by atoms with E-state index in [4.69, 9.17) is 0 Å². The van der Waals surface area contributed by atoms with E-state index < -0.39 is 57.5 Å². The van der Waals surface area contributed by atoms with Crippen molar-refractivity contribution in [2.75, 3.05) is 6.54 Å². The van der Waals surface area contributed by atoms with Gasteiger partial charge in [0.25, 0.3) is 0 Å². The van der Waals surface area contributed by atoms with Crippen LogP contribution < -0.4 is 4.72 Å². The summed E-state index contributed by atoms with van der Waals surface area (Å²) >= 11 is -1.68. The number of alkyl halides is 3. The van der Waals surface area contributed by atoms with E-state index in [1.54, 1.807) is 20.8 Å². The van der Waals surface area contributed by atoms with Crippen LogP contribution in [0.25, 0.3) is 0 Å². The number of nitrogens with one attached hydrogen (secondary N) is 1. The third kappa shape index (κ3) is 6.02. The van der Waals surface area contributed by atoms with Crippen LogP contribution in [0.4, 0.5) is 26.3 Å². The van der Waals surface area contributed by atoms with Crippen LogP contribution in [0, 0.1) is 17.5 Å². The van der Waals surface area contributed by atoms with Crippen LogP contribution in [0.3, 0.4) is 0 Å². The van der Waals surface area contributed by atoms with Crippen LogP contribution in [0.5, 0.6) is 0 Å². The first-order valence-electron chi connectivity index (χ1n) is 10.3. The Labute approximate surface area is 194 Å². The van der Waals surface area contributed by atoms with Crippen LogP contribution in [0.15, 0.2) is 12.1 Å². The quantitative estimate of drug-likeness (QED) is 0.366. The minimum Gasteiger partial charge on any atom is -0.598 e. The summed E-state index contributed by atoms with van der Waals surface area (Å²) < 4.78 is 95.7. The van der Waals surface area contributed by atoms with E-state index in [0.717, 1.165) is 4.57 Å². The van der Waals surface area contributed by atoms with Crippen LogP contribution in [-0.2, 0) is 41.8 Å². The molecule has 0 spiro atoms. The van der Waals surface area contributed by atoms with Gasteiger partial charge in [-0.2, -0.15) is 13.2 Å². The molecule has 0 radical (unpaired) electrons. The number of benzene rings is 1. The molecule has 2 heterocycles. The first kappa shape index (κ1) is 26.3. The third-order valence-electron chi connectivity index (χ3n) is 5.17. The van der Waals surface area contributed by atoms with Gasteiger partial charge in [-0.1, -0.05) is 0 Å². The summed E-state index contributed by atoms with van der Waals surface area (Å²) in [6.45, 7) is 4.55. The van der Waals surface area contributed by atoms with E-state index in [0.29, 0.717) is 12.1 Å².